The van der Waals surface area contributed by atoms with Crippen LogP contribution < -0.4 is 0 Å². The summed E-state index contributed by atoms with van der Waals surface area (Å²) in [5.74, 6) is 0.733. The Kier molecular flexibility index (Phi) is 8.64. The molecule has 0 aliphatic heterocycles. The maximum atomic E-state index is 3.84. The summed E-state index contributed by atoms with van der Waals surface area (Å²) in [6, 6.07) is 0. The molecule has 0 aromatic carbocycles. The molecule has 0 amide bonds. The fourth-order valence-corrected chi connectivity index (χ4v) is 1.15. The largest absolute Gasteiger partial charge is 0.0883 e. The molecule has 1 atom stereocenters. The second kappa shape index (κ2) is 8.83. The zero-order chi connectivity index (χ0) is 9.23. The van der Waals surface area contributed by atoms with E-state index in [4.69, 9.17) is 0 Å². The van der Waals surface area contributed by atoms with Gasteiger partial charge >= 0.3 is 0 Å². The molecule has 0 rings (SSSR count). The quantitative estimate of drug-likeness (QED) is 0.393. The molecule has 0 saturated heterocycles. The average Bonchev–Trinajstić information content (AvgIpc) is 2.09. The fraction of sp³-hybridized carbons (Fsp3) is 0.667. The molecule has 0 bridgehead atoms. The van der Waals surface area contributed by atoms with E-state index in [1.165, 1.54) is 25.7 Å². The fourth-order valence-electron chi connectivity index (χ4n) is 1.15. The lowest BCUT2D eigenvalue weighted by molar-refractivity contribution is 0.609. The van der Waals surface area contributed by atoms with Crippen LogP contribution in [-0.2, 0) is 0 Å². The molecule has 2 radical (unpaired) electrons. The molecule has 0 N–H and O–H groups in total. The second-order valence-corrected chi connectivity index (χ2v) is 3.40. The van der Waals surface area contributed by atoms with E-state index in [-0.39, 0.29) is 0 Å². The van der Waals surface area contributed by atoms with E-state index in [9.17, 15) is 0 Å². The molecule has 0 aromatic heterocycles. The Balaban J connectivity index is 3.27. The second-order valence-electron chi connectivity index (χ2n) is 3.40. The third-order valence-corrected chi connectivity index (χ3v) is 1.99. The standard InChI is InChI=1S/C12H22/c1-4-6-8-9-11-12(3)10-7-5-2/h9,11-12H,1-2,4-8,10H2,3H3/b11-9+. The van der Waals surface area contributed by atoms with Crippen LogP contribution in [0.25, 0.3) is 0 Å². The first-order valence-corrected chi connectivity index (χ1v) is 5.06. The van der Waals surface area contributed by atoms with Crippen molar-refractivity contribution in [3.8, 4) is 0 Å². The maximum Gasteiger partial charge on any atom is -0.0262 e. The lowest BCUT2D eigenvalue weighted by Gasteiger charge is -2.03. The highest BCUT2D eigenvalue weighted by molar-refractivity contribution is 4.86. The molecule has 0 nitrogen and oxygen atoms in total. The summed E-state index contributed by atoms with van der Waals surface area (Å²) in [6.45, 7) is 9.92. The molecule has 1 unspecified atom stereocenters. The summed E-state index contributed by atoms with van der Waals surface area (Å²) in [5.41, 5.74) is 0. The van der Waals surface area contributed by atoms with Crippen molar-refractivity contribution in [1.29, 1.82) is 0 Å². The van der Waals surface area contributed by atoms with Crippen molar-refractivity contribution in [3.63, 3.8) is 0 Å². The highest BCUT2D eigenvalue weighted by Crippen LogP contribution is 2.09. The summed E-state index contributed by atoms with van der Waals surface area (Å²) in [4.78, 5) is 0. The van der Waals surface area contributed by atoms with Gasteiger partial charge in [0.1, 0.15) is 0 Å². The van der Waals surface area contributed by atoms with Crippen molar-refractivity contribution in [3.05, 3.63) is 26.0 Å². The Labute approximate surface area is 78.1 Å². The number of hydrogen-bond acceptors (Lipinski definition) is 0. The van der Waals surface area contributed by atoms with Gasteiger partial charge in [-0.1, -0.05) is 52.2 Å². The Morgan fingerprint density at radius 1 is 1.17 bits per heavy atom. The number of rotatable bonds is 7. The Hall–Kier alpha value is -0.260. The molecule has 0 heterocycles. The van der Waals surface area contributed by atoms with Gasteiger partial charge in [0.15, 0.2) is 0 Å². The Morgan fingerprint density at radius 2 is 1.83 bits per heavy atom. The molecule has 70 valence electrons. The zero-order valence-electron chi connectivity index (χ0n) is 8.39. The first-order chi connectivity index (χ1) is 5.81. The van der Waals surface area contributed by atoms with Crippen molar-refractivity contribution in [2.45, 2.75) is 45.4 Å². The summed E-state index contributed by atoms with van der Waals surface area (Å²) in [7, 11) is 0. The molecule has 12 heavy (non-hydrogen) atoms. The molecular weight excluding hydrogens is 144 g/mol. The smallest absolute Gasteiger partial charge is 0.0262 e. The van der Waals surface area contributed by atoms with Gasteiger partial charge in [0.05, 0.1) is 0 Å². The van der Waals surface area contributed by atoms with E-state index in [2.05, 4.69) is 32.9 Å². The van der Waals surface area contributed by atoms with Crippen molar-refractivity contribution < 1.29 is 0 Å². The third kappa shape index (κ3) is 7.84. The Bertz CT molecular complexity index is 103. The van der Waals surface area contributed by atoms with Crippen LogP contribution in [0.5, 0.6) is 0 Å². The van der Waals surface area contributed by atoms with Crippen LogP contribution in [0.2, 0.25) is 0 Å². The van der Waals surface area contributed by atoms with Crippen LogP contribution in [0.1, 0.15) is 45.4 Å². The van der Waals surface area contributed by atoms with Gasteiger partial charge in [-0.3, -0.25) is 0 Å². The number of allylic oxidation sites excluding steroid dienone is 2. The van der Waals surface area contributed by atoms with Crippen LogP contribution in [0.3, 0.4) is 0 Å². The first kappa shape index (κ1) is 11.7. The van der Waals surface area contributed by atoms with Crippen LogP contribution >= 0.6 is 0 Å². The van der Waals surface area contributed by atoms with Gasteiger partial charge < -0.3 is 0 Å². The van der Waals surface area contributed by atoms with Crippen molar-refractivity contribution in [2.75, 3.05) is 0 Å². The van der Waals surface area contributed by atoms with Crippen LogP contribution in [0.4, 0.5) is 0 Å². The van der Waals surface area contributed by atoms with Crippen molar-refractivity contribution in [2.24, 2.45) is 5.92 Å². The van der Waals surface area contributed by atoms with E-state index in [1.807, 2.05) is 0 Å². The van der Waals surface area contributed by atoms with E-state index < -0.39 is 0 Å². The van der Waals surface area contributed by atoms with Crippen molar-refractivity contribution in [1.82, 2.24) is 0 Å². The van der Waals surface area contributed by atoms with Gasteiger partial charge in [0.2, 0.25) is 0 Å². The third-order valence-electron chi connectivity index (χ3n) is 1.99. The lowest BCUT2D eigenvalue weighted by atomic mass is 10.0. The normalized spacial score (nSPS) is 13.9. The van der Waals surface area contributed by atoms with Crippen LogP contribution in [0.15, 0.2) is 12.2 Å². The minimum Gasteiger partial charge on any atom is -0.0883 e. The summed E-state index contributed by atoms with van der Waals surface area (Å²) in [6.07, 6.45) is 11.7. The number of unbranched alkanes of at least 4 members (excludes halogenated alkanes) is 3. The minimum absolute atomic E-state index is 0.733. The molecule has 0 aliphatic carbocycles. The van der Waals surface area contributed by atoms with Gasteiger partial charge in [0.25, 0.3) is 0 Å². The van der Waals surface area contributed by atoms with Gasteiger partial charge in [-0.05, 0) is 25.2 Å². The van der Waals surface area contributed by atoms with Crippen LogP contribution in [-0.4, -0.2) is 0 Å². The SMILES string of the molecule is [CH2]CCC/C=C/C(C)CCC[CH2]. The molecule has 0 spiro atoms. The topological polar surface area (TPSA) is 0 Å². The predicted octanol–water partition coefficient (Wildman–Crippen LogP) is 4.19. The van der Waals surface area contributed by atoms with E-state index in [1.54, 1.807) is 0 Å². The first-order valence-electron chi connectivity index (χ1n) is 5.06. The van der Waals surface area contributed by atoms with Gasteiger partial charge in [-0.2, -0.15) is 0 Å². The average molecular weight is 166 g/mol. The molecule has 0 saturated carbocycles. The molecule has 0 fully saturated rings. The van der Waals surface area contributed by atoms with Gasteiger partial charge in [-0.25, -0.2) is 0 Å². The highest BCUT2D eigenvalue weighted by atomic mass is 14.0. The summed E-state index contributed by atoms with van der Waals surface area (Å²) < 4.78 is 0. The zero-order valence-corrected chi connectivity index (χ0v) is 8.39. The summed E-state index contributed by atoms with van der Waals surface area (Å²) >= 11 is 0. The minimum atomic E-state index is 0.733. The summed E-state index contributed by atoms with van der Waals surface area (Å²) in [5, 5.41) is 0. The molecule has 0 aliphatic rings. The maximum absolute atomic E-state index is 3.84. The monoisotopic (exact) mass is 166 g/mol. The lowest BCUT2D eigenvalue weighted by Crippen LogP contribution is -1.88. The molecule has 0 heteroatoms. The molecule has 0 aromatic rings. The van der Waals surface area contributed by atoms with Gasteiger partial charge in [0, 0.05) is 0 Å². The number of hydrogen-bond donors (Lipinski definition) is 0. The van der Waals surface area contributed by atoms with E-state index in [0.717, 1.165) is 18.8 Å². The van der Waals surface area contributed by atoms with Crippen LogP contribution in [0, 0.1) is 19.8 Å². The van der Waals surface area contributed by atoms with E-state index >= 15 is 0 Å². The van der Waals surface area contributed by atoms with E-state index in [0.29, 0.717) is 0 Å². The van der Waals surface area contributed by atoms with Gasteiger partial charge in [-0.15, -0.1) is 0 Å². The Morgan fingerprint density at radius 3 is 2.42 bits per heavy atom. The predicted molar refractivity (Wildman–Crippen MR) is 56.7 cm³/mol. The molecular formula is C12H22. The highest BCUT2D eigenvalue weighted by Gasteiger charge is 1.94. The van der Waals surface area contributed by atoms with Crippen molar-refractivity contribution >= 4 is 0 Å².